The van der Waals surface area contributed by atoms with Gasteiger partial charge in [-0.2, -0.15) is 0 Å². The van der Waals surface area contributed by atoms with Gasteiger partial charge < -0.3 is 21.7 Å². The highest BCUT2D eigenvalue weighted by molar-refractivity contribution is 6.04. The van der Waals surface area contributed by atoms with Crippen LogP contribution in [0.3, 0.4) is 0 Å². The van der Waals surface area contributed by atoms with Gasteiger partial charge in [-0.25, -0.2) is 0 Å². The first-order valence-electron chi connectivity index (χ1n) is 8.11. The van der Waals surface area contributed by atoms with E-state index in [2.05, 4.69) is 16.0 Å². The number of hydrogen-bond acceptors (Lipinski definition) is 4. The van der Waals surface area contributed by atoms with Crippen molar-refractivity contribution in [1.29, 1.82) is 0 Å². The van der Waals surface area contributed by atoms with E-state index in [-0.39, 0.29) is 30.3 Å². The van der Waals surface area contributed by atoms with Gasteiger partial charge >= 0.3 is 0 Å². The molecule has 0 radical (unpaired) electrons. The maximum Gasteiger partial charge on any atom is 0.253 e. The number of benzene rings is 1. The Kier molecular flexibility index (Phi) is 5.92. The lowest BCUT2D eigenvalue weighted by Gasteiger charge is -2.15. The summed E-state index contributed by atoms with van der Waals surface area (Å²) in [5.74, 6) is -1.01. The van der Waals surface area contributed by atoms with Crippen molar-refractivity contribution in [3.63, 3.8) is 0 Å². The second-order valence-corrected chi connectivity index (χ2v) is 6.33. The zero-order chi connectivity index (χ0) is 17.7. The van der Waals surface area contributed by atoms with E-state index in [1.165, 1.54) is 0 Å². The molecule has 130 valence electrons. The van der Waals surface area contributed by atoms with Crippen LogP contribution in [0.4, 0.5) is 5.69 Å². The first kappa shape index (κ1) is 17.9. The quantitative estimate of drug-likeness (QED) is 0.586. The molecule has 3 amide bonds. The first-order chi connectivity index (χ1) is 11.4. The van der Waals surface area contributed by atoms with Crippen molar-refractivity contribution in [1.82, 2.24) is 10.6 Å². The Labute approximate surface area is 141 Å². The molecule has 2 rings (SSSR count). The molecular weight excluding hydrogens is 308 g/mol. The molecule has 0 aliphatic heterocycles. The summed E-state index contributed by atoms with van der Waals surface area (Å²) in [7, 11) is 0. The molecule has 1 aromatic rings. The number of nitrogens with one attached hydrogen (secondary N) is 3. The number of carbonyl (C=O) groups excluding carboxylic acids is 3. The van der Waals surface area contributed by atoms with Crippen LogP contribution in [0.15, 0.2) is 24.3 Å². The van der Waals surface area contributed by atoms with Crippen LogP contribution in [0.25, 0.3) is 0 Å². The van der Waals surface area contributed by atoms with Gasteiger partial charge in [0.05, 0.1) is 23.8 Å². The lowest BCUT2D eigenvalue weighted by atomic mass is 10.1. The summed E-state index contributed by atoms with van der Waals surface area (Å²) >= 11 is 0. The van der Waals surface area contributed by atoms with Crippen molar-refractivity contribution >= 4 is 23.4 Å². The molecule has 0 unspecified atom stereocenters. The Morgan fingerprint density at radius 3 is 2.50 bits per heavy atom. The first-order valence-corrected chi connectivity index (χ1v) is 8.11. The smallest absolute Gasteiger partial charge is 0.253 e. The predicted molar refractivity (Wildman–Crippen MR) is 91.4 cm³/mol. The molecular formula is C17H24N4O3. The zero-order valence-corrected chi connectivity index (χ0v) is 14.0. The van der Waals surface area contributed by atoms with Gasteiger partial charge in [0.15, 0.2) is 0 Å². The molecule has 0 aromatic heterocycles. The number of amides is 3. The normalized spacial score (nSPS) is 14.8. The van der Waals surface area contributed by atoms with Crippen LogP contribution in [0.1, 0.15) is 37.0 Å². The molecule has 24 heavy (non-hydrogen) atoms. The van der Waals surface area contributed by atoms with Crippen LogP contribution in [0.2, 0.25) is 0 Å². The van der Waals surface area contributed by atoms with E-state index in [1.54, 1.807) is 24.3 Å². The van der Waals surface area contributed by atoms with Gasteiger partial charge in [-0.1, -0.05) is 26.0 Å². The van der Waals surface area contributed by atoms with Crippen LogP contribution in [-0.4, -0.2) is 36.3 Å². The summed E-state index contributed by atoms with van der Waals surface area (Å²) < 4.78 is 0. The second kappa shape index (κ2) is 7.92. The number of anilines is 1. The monoisotopic (exact) mass is 332 g/mol. The van der Waals surface area contributed by atoms with Gasteiger partial charge in [-0.05, 0) is 30.9 Å². The summed E-state index contributed by atoms with van der Waals surface area (Å²) in [6.07, 6.45) is 1.98. The topological polar surface area (TPSA) is 113 Å². The number of para-hydroxylation sites is 1. The van der Waals surface area contributed by atoms with Crippen molar-refractivity contribution in [2.45, 2.75) is 38.8 Å². The molecule has 1 saturated carbocycles. The third-order valence-electron chi connectivity index (χ3n) is 3.80. The van der Waals surface area contributed by atoms with Crippen molar-refractivity contribution in [3.05, 3.63) is 29.8 Å². The lowest BCUT2D eigenvalue weighted by molar-refractivity contribution is -0.125. The number of rotatable bonds is 7. The third-order valence-corrected chi connectivity index (χ3v) is 3.80. The van der Waals surface area contributed by atoms with E-state index < -0.39 is 11.9 Å². The fourth-order valence-electron chi connectivity index (χ4n) is 2.06. The SMILES string of the molecule is CC(C)[C@H](N)C(=O)NCC(=O)Nc1ccccc1C(=O)NC1CC1. The zero-order valence-electron chi connectivity index (χ0n) is 14.0. The molecule has 7 heteroatoms. The average Bonchev–Trinajstić information content (AvgIpc) is 3.36. The van der Waals surface area contributed by atoms with Crippen LogP contribution in [-0.2, 0) is 9.59 Å². The maximum atomic E-state index is 12.2. The maximum absolute atomic E-state index is 12.2. The summed E-state index contributed by atoms with van der Waals surface area (Å²) in [5, 5.41) is 8.04. The fourth-order valence-corrected chi connectivity index (χ4v) is 2.06. The molecule has 0 spiro atoms. The number of carbonyl (C=O) groups is 3. The Balaban J connectivity index is 1.91. The van der Waals surface area contributed by atoms with Crippen molar-refractivity contribution in [2.75, 3.05) is 11.9 Å². The molecule has 1 fully saturated rings. The van der Waals surface area contributed by atoms with E-state index in [0.29, 0.717) is 11.3 Å². The molecule has 1 atom stereocenters. The van der Waals surface area contributed by atoms with Gasteiger partial charge in [0.2, 0.25) is 11.8 Å². The van der Waals surface area contributed by atoms with Crippen molar-refractivity contribution < 1.29 is 14.4 Å². The Hall–Kier alpha value is -2.41. The Morgan fingerprint density at radius 2 is 1.88 bits per heavy atom. The molecule has 1 aliphatic carbocycles. The number of nitrogens with two attached hydrogens (primary N) is 1. The minimum atomic E-state index is -0.658. The highest BCUT2D eigenvalue weighted by atomic mass is 16.2. The molecule has 0 heterocycles. The van der Waals surface area contributed by atoms with Crippen LogP contribution < -0.4 is 21.7 Å². The van der Waals surface area contributed by atoms with Gasteiger partial charge in [-0.15, -0.1) is 0 Å². The average molecular weight is 332 g/mol. The van der Waals surface area contributed by atoms with Crippen LogP contribution >= 0.6 is 0 Å². The van der Waals surface area contributed by atoms with E-state index in [0.717, 1.165) is 12.8 Å². The fraction of sp³-hybridized carbons (Fsp3) is 0.471. The summed E-state index contributed by atoms with van der Waals surface area (Å²) in [4.78, 5) is 36.0. The molecule has 0 saturated heterocycles. The third kappa shape index (κ3) is 5.06. The van der Waals surface area contributed by atoms with Crippen molar-refractivity contribution in [3.8, 4) is 0 Å². The molecule has 1 aliphatic rings. The predicted octanol–water partition coefficient (Wildman–Crippen LogP) is 0.617. The number of hydrogen-bond donors (Lipinski definition) is 4. The van der Waals surface area contributed by atoms with Crippen molar-refractivity contribution in [2.24, 2.45) is 11.7 Å². The van der Waals surface area contributed by atoms with Gasteiger partial charge in [0.25, 0.3) is 5.91 Å². The highest BCUT2D eigenvalue weighted by Crippen LogP contribution is 2.21. The van der Waals surface area contributed by atoms with Crippen LogP contribution in [0.5, 0.6) is 0 Å². The second-order valence-electron chi connectivity index (χ2n) is 6.33. The van der Waals surface area contributed by atoms with Gasteiger partial charge in [0.1, 0.15) is 0 Å². The minimum Gasteiger partial charge on any atom is -0.349 e. The molecule has 7 nitrogen and oxygen atoms in total. The van der Waals surface area contributed by atoms with E-state index in [9.17, 15) is 14.4 Å². The highest BCUT2D eigenvalue weighted by Gasteiger charge is 2.25. The largest absolute Gasteiger partial charge is 0.349 e. The standard InChI is InChI=1S/C17H24N4O3/c1-10(2)15(18)17(24)19-9-14(22)21-13-6-4-3-5-12(13)16(23)20-11-7-8-11/h3-6,10-11,15H,7-9,18H2,1-2H3,(H,19,24)(H,20,23)(H,21,22)/t15-/m0/s1. The summed E-state index contributed by atoms with van der Waals surface area (Å²) in [5.41, 5.74) is 6.54. The van der Waals surface area contributed by atoms with Crippen LogP contribution in [0, 0.1) is 5.92 Å². The lowest BCUT2D eigenvalue weighted by Crippen LogP contribution is -2.46. The van der Waals surface area contributed by atoms with E-state index >= 15 is 0 Å². The summed E-state index contributed by atoms with van der Waals surface area (Å²) in [6.45, 7) is 3.47. The molecule has 0 bridgehead atoms. The van der Waals surface area contributed by atoms with E-state index in [1.807, 2.05) is 13.8 Å². The summed E-state index contributed by atoms with van der Waals surface area (Å²) in [6, 6.07) is 6.35. The minimum absolute atomic E-state index is 0.0140. The Bertz CT molecular complexity index is 626. The van der Waals surface area contributed by atoms with Gasteiger partial charge in [0, 0.05) is 6.04 Å². The Morgan fingerprint density at radius 1 is 1.21 bits per heavy atom. The molecule has 1 aromatic carbocycles. The van der Waals surface area contributed by atoms with Gasteiger partial charge in [-0.3, -0.25) is 14.4 Å². The van der Waals surface area contributed by atoms with E-state index in [4.69, 9.17) is 5.73 Å². The molecule has 5 N–H and O–H groups in total.